The van der Waals surface area contributed by atoms with Crippen LogP contribution in [0.2, 0.25) is 0 Å². The van der Waals surface area contributed by atoms with E-state index in [9.17, 15) is 0 Å². The predicted octanol–water partition coefficient (Wildman–Crippen LogP) is 16.2. The van der Waals surface area contributed by atoms with Gasteiger partial charge in [0.2, 0.25) is 0 Å². The second-order valence-electron chi connectivity index (χ2n) is 17.4. The standard InChI is InChI=1S/C60H42N2/c1-37-26-27-38(2)54(32-37)61(42-16-6-4-7-17-42)56-35-52-58(47-23-12-10-21-45(47)56)59-48-24-13-11-22-46(48)57-36-53(59)60(52)50-25-15-14-20-44(50)49-33-40(30-31-51(49)60)41-29-28-39(3)55(34-41)62(57)43-18-8-5-9-19-43/h4-36H,1-3H3. The topological polar surface area (TPSA) is 6.48 Å². The van der Waals surface area contributed by atoms with E-state index in [0.29, 0.717) is 0 Å². The molecule has 8 bridgehead atoms. The van der Waals surface area contributed by atoms with Crippen LogP contribution in [0.3, 0.4) is 0 Å². The molecule has 10 aromatic rings. The van der Waals surface area contributed by atoms with Crippen molar-refractivity contribution in [3.63, 3.8) is 0 Å². The second kappa shape index (κ2) is 12.9. The van der Waals surface area contributed by atoms with Crippen LogP contribution in [0.5, 0.6) is 0 Å². The Bertz CT molecular complexity index is 3510. The molecule has 10 aromatic carbocycles. The maximum absolute atomic E-state index is 2.58. The van der Waals surface area contributed by atoms with Gasteiger partial charge in [0, 0.05) is 33.5 Å². The van der Waals surface area contributed by atoms with E-state index in [0.717, 1.165) is 11.4 Å². The van der Waals surface area contributed by atoms with Gasteiger partial charge >= 0.3 is 0 Å². The lowest BCUT2D eigenvalue weighted by molar-refractivity contribution is 0.795. The molecule has 0 saturated heterocycles. The van der Waals surface area contributed by atoms with Gasteiger partial charge in [-0.15, -0.1) is 0 Å². The molecule has 2 aliphatic carbocycles. The summed E-state index contributed by atoms with van der Waals surface area (Å²) in [5.41, 5.74) is 23.1. The lowest BCUT2D eigenvalue weighted by atomic mass is 9.69. The highest BCUT2D eigenvalue weighted by molar-refractivity contribution is 6.19. The summed E-state index contributed by atoms with van der Waals surface area (Å²) in [7, 11) is 0. The molecule has 4 aliphatic rings. The number of fused-ring (bicyclic) bond motifs is 8. The molecule has 0 N–H and O–H groups in total. The van der Waals surface area contributed by atoms with Crippen molar-refractivity contribution in [2.45, 2.75) is 26.2 Å². The minimum absolute atomic E-state index is 0.610. The van der Waals surface area contributed by atoms with Gasteiger partial charge in [-0.3, -0.25) is 0 Å². The van der Waals surface area contributed by atoms with Gasteiger partial charge in [0.1, 0.15) is 0 Å². The number of nitrogens with zero attached hydrogens (tertiary/aromatic N) is 2. The highest BCUT2D eigenvalue weighted by atomic mass is 15.2. The van der Waals surface area contributed by atoms with Gasteiger partial charge in [-0.25, -0.2) is 0 Å². The third kappa shape index (κ3) is 4.64. The van der Waals surface area contributed by atoms with Crippen LogP contribution in [-0.2, 0) is 5.41 Å². The van der Waals surface area contributed by atoms with E-state index in [4.69, 9.17) is 0 Å². The molecule has 292 valence electrons. The van der Waals surface area contributed by atoms with Crippen molar-refractivity contribution in [3.8, 4) is 33.4 Å². The summed E-state index contributed by atoms with van der Waals surface area (Å²) in [5.74, 6) is 0. The van der Waals surface area contributed by atoms with E-state index >= 15 is 0 Å². The smallest absolute Gasteiger partial charge is 0.0727 e. The first-order valence-electron chi connectivity index (χ1n) is 21.8. The van der Waals surface area contributed by atoms with E-state index in [1.807, 2.05) is 0 Å². The summed E-state index contributed by atoms with van der Waals surface area (Å²) in [6.07, 6.45) is 0. The third-order valence-electron chi connectivity index (χ3n) is 14.0. The summed E-state index contributed by atoms with van der Waals surface area (Å²) in [6.45, 7) is 6.69. The molecule has 0 amide bonds. The average molecular weight is 791 g/mol. The van der Waals surface area contributed by atoms with Crippen LogP contribution >= 0.6 is 0 Å². The first kappa shape index (κ1) is 35.1. The molecule has 14 rings (SSSR count). The van der Waals surface area contributed by atoms with Crippen LogP contribution in [0.25, 0.3) is 54.9 Å². The first-order chi connectivity index (χ1) is 30.5. The lowest BCUT2D eigenvalue weighted by Gasteiger charge is -2.35. The maximum atomic E-state index is 2.58. The normalized spacial score (nSPS) is 15.0. The molecule has 0 saturated carbocycles. The van der Waals surface area contributed by atoms with Crippen molar-refractivity contribution < 1.29 is 0 Å². The number of anilines is 6. The zero-order valence-electron chi connectivity index (χ0n) is 34.9. The van der Waals surface area contributed by atoms with Crippen molar-refractivity contribution in [1.82, 2.24) is 0 Å². The second-order valence-corrected chi connectivity index (χ2v) is 17.4. The molecule has 2 aliphatic heterocycles. The van der Waals surface area contributed by atoms with E-state index < -0.39 is 5.41 Å². The Hall–Kier alpha value is -7.68. The number of rotatable bonds is 4. The highest BCUT2D eigenvalue weighted by Gasteiger charge is 2.53. The van der Waals surface area contributed by atoms with Gasteiger partial charge in [-0.1, -0.05) is 146 Å². The molecule has 1 spiro atoms. The molecule has 2 nitrogen and oxygen atoms in total. The highest BCUT2D eigenvalue weighted by Crippen LogP contribution is 2.67. The molecule has 1 atom stereocenters. The van der Waals surface area contributed by atoms with E-state index in [1.165, 1.54) is 117 Å². The fourth-order valence-corrected chi connectivity index (χ4v) is 11.4. The number of hydrogen-bond acceptors (Lipinski definition) is 2. The zero-order valence-corrected chi connectivity index (χ0v) is 34.9. The molecule has 2 heteroatoms. The zero-order chi connectivity index (χ0) is 41.3. The Kier molecular flexibility index (Phi) is 7.31. The number of aryl methyl sites for hydroxylation is 3. The van der Waals surface area contributed by atoms with Crippen molar-refractivity contribution in [1.29, 1.82) is 0 Å². The van der Waals surface area contributed by atoms with Crippen LogP contribution in [0.1, 0.15) is 38.9 Å². The van der Waals surface area contributed by atoms with E-state index in [1.54, 1.807) is 0 Å². The van der Waals surface area contributed by atoms with Crippen molar-refractivity contribution in [2.24, 2.45) is 0 Å². The van der Waals surface area contributed by atoms with Gasteiger partial charge in [0.15, 0.2) is 0 Å². The summed E-state index contributed by atoms with van der Waals surface area (Å²) in [4.78, 5) is 5.04. The molecular formula is C60H42N2. The van der Waals surface area contributed by atoms with Gasteiger partial charge in [0.05, 0.1) is 16.8 Å². The minimum Gasteiger partial charge on any atom is -0.310 e. The molecule has 0 aromatic heterocycles. The quantitative estimate of drug-likeness (QED) is 0.175. The van der Waals surface area contributed by atoms with Gasteiger partial charge < -0.3 is 9.80 Å². The predicted molar refractivity (Wildman–Crippen MR) is 260 cm³/mol. The monoisotopic (exact) mass is 790 g/mol. The van der Waals surface area contributed by atoms with Crippen LogP contribution in [0.4, 0.5) is 34.1 Å². The number of para-hydroxylation sites is 2. The molecular weight excluding hydrogens is 749 g/mol. The van der Waals surface area contributed by atoms with Crippen LogP contribution in [0.15, 0.2) is 200 Å². The summed E-state index contributed by atoms with van der Waals surface area (Å²) in [6, 6.07) is 75.8. The molecule has 62 heavy (non-hydrogen) atoms. The lowest BCUT2D eigenvalue weighted by Crippen LogP contribution is -2.27. The summed E-state index contributed by atoms with van der Waals surface area (Å²) in [5, 5.41) is 4.98. The third-order valence-corrected chi connectivity index (χ3v) is 14.0. The molecule has 2 heterocycles. The molecule has 0 fully saturated rings. The Balaban J connectivity index is 1.26. The van der Waals surface area contributed by atoms with Crippen LogP contribution in [0, 0.1) is 20.8 Å². The molecule has 0 radical (unpaired) electrons. The largest absolute Gasteiger partial charge is 0.310 e. The number of hydrogen-bond donors (Lipinski definition) is 0. The SMILES string of the molecule is Cc1ccc(C)c(N(c2ccccc2)c2cc3c(c4ccccc24)-c2c4cc(c5ccccc25)N(c2ccccc2)c2cc(ccc2C)-c2ccc5c(c2)-c2ccccc2C534)c1. The maximum Gasteiger partial charge on any atom is 0.0727 e. The van der Waals surface area contributed by atoms with Crippen molar-refractivity contribution in [3.05, 3.63) is 239 Å². The first-order valence-corrected chi connectivity index (χ1v) is 21.8. The van der Waals surface area contributed by atoms with Gasteiger partial charge in [-0.05, 0) is 158 Å². The Morgan fingerprint density at radius 3 is 1.77 bits per heavy atom. The van der Waals surface area contributed by atoms with Crippen LogP contribution in [-0.4, -0.2) is 0 Å². The minimum atomic E-state index is -0.610. The van der Waals surface area contributed by atoms with Crippen LogP contribution < -0.4 is 9.80 Å². The Labute approximate surface area is 362 Å². The Morgan fingerprint density at radius 2 is 0.984 bits per heavy atom. The van der Waals surface area contributed by atoms with Crippen molar-refractivity contribution >= 4 is 55.7 Å². The van der Waals surface area contributed by atoms with Gasteiger partial charge in [-0.2, -0.15) is 0 Å². The average Bonchev–Trinajstić information content (AvgIpc) is 3.78. The summed E-state index contributed by atoms with van der Waals surface area (Å²) < 4.78 is 0. The van der Waals surface area contributed by atoms with E-state index in [-0.39, 0.29) is 0 Å². The molecule has 1 unspecified atom stereocenters. The summed E-state index contributed by atoms with van der Waals surface area (Å²) >= 11 is 0. The number of benzene rings is 10. The fourth-order valence-electron chi connectivity index (χ4n) is 11.4. The van der Waals surface area contributed by atoms with Gasteiger partial charge in [0.25, 0.3) is 0 Å². The fraction of sp³-hybridized carbons (Fsp3) is 0.0667. The van der Waals surface area contributed by atoms with Crippen molar-refractivity contribution in [2.75, 3.05) is 9.80 Å². The van der Waals surface area contributed by atoms with E-state index in [2.05, 4.69) is 231 Å². The Morgan fingerprint density at radius 1 is 0.387 bits per heavy atom.